The van der Waals surface area contributed by atoms with E-state index in [0.717, 1.165) is 28.2 Å². The van der Waals surface area contributed by atoms with Gasteiger partial charge in [0.15, 0.2) is 0 Å². The first-order valence-corrected chi connectivity index (χ1v) is 10.3. The quantitative estimate of drug-likeness (QED) is 0.509. The highest BCUT2D eigenvalue weighted by atomic mass is 16.5. The van der Waals surface area contributed by atoms with Gasteiger partial charge in [-0.15, -0.1) is 0 Å². The molecule has 0 aromatic heterocycles. The zero-order chi connectivity index (χ0) is 22.2. The number of carbonyl (C=O) groups is 1. The standard InChI is InChI=1S/C26H29NO4/c1-18(2)23-7-5-6-8-25(23)31-17-21-15-20(11-14-24(21)30-4)26(28)27-16-19-9-12-22(29-3)13-10-19/h5-15,18H,16-17H2,1-4H3,(H,27,28). The topological polar surface area (TPSA) is 56.8 Å². The Bertz CT molecular complexity index is 1010. The highest BCUT2D eigenvalue weighted by molar-refractivity contribution is 5.94. The van der Waals surface area contributed by atoms with Gasteiger partial charge in [0.1, 0.15) is 23.9 Å². The van der Waals surface area contributed by atoms with E-state index >= 15 is 0 Å². The van der Waals surface area contributed by atoms with Crippen LogP contribution in [0.15, 0.2) is 66.7 Å². The molecule has 31 heavy (non-hydrogen) atoms. The number of nitrogens with one attached hydrogen (secondary N) is 1. The summed E-state index contributed by atoms with van der Waals surface area (Å²) in [4.78, 5) is 12.7. The molecule has 5 heteroatoms. The average Bonchev–Trinajstić information content (AvgIpc) is 2.81. The lowest BCUT2D eigenvalue weighted by atomic mass is 10.0. The van der Waals surface area contributed by atoms with Gasteiger partial charge in [-0.3, -0.25) is 4.79 Å². The van der Waals surface area contributed by atoms with Crippen LogP contribution in [-0.2, 0) is 13.2 Å². The van der Waals surface area contributed by atoms with Crippen molar-refractivity contribution in [2.45, 2.75) is 32.9 Å². The molecule has 0 aliphatic carbocycles. The van der Waals surface area contributed by atoms with Crippen molar-refractivity contribution in [1.29, 1.82) is 0 Å². The summed E-state index contributed by atoms with van der Waals surface area (Å²) in [5, 5.41) is 2.95. The third-order valence-electron chi connectivity index (χ3n) is 5.08. The van der Waals surface area contributed by atoms with Gasteiger partial charge in [-0.05, 0) is 53.4 Å². The Balaban J connectivity index is 1.70. The maximum absolute atomic E-state index is 12.7. The first-order valence-electron chi connectivity index (χ1n) is 10.3. The molecule has 5 nitrogen and oxygen atoms in total. The number of rotatable bonds is 9. The SMILES string of the molecule is COc1ccc(CNC(=O)c2ccc(OC)c(COc3ccccc3C(C)C)c2)cc1. The number of benzene rings is 3. The van der Waals surface area contributed by atoms with Crippen LogP contribution in [-0.4, -0.2) is 20.1 Å². The number of amides is 1. The van der Waals surface area contributed by atoms with Crippen LogP contribution in [0.5, 0.6) is 17.2 Å². The summed E-state index contributed by atoms with van der Waals surface area (Å²) >= 11 is 0. The van der Waals surface area contributed by atoms with E-state index in [-0.39, 0.29) is 5.91 Å². The molecule has 0 atom stereocenters. The molecule has 3 aromatic carbocycles. The van der Waals surface area contributed by atoms with Crippen molar-refractivity contribution in [2.75, 3.05) is 14.2 Å². The van der Waals surface area contributed by atoms with Gasteiger partial charge < -0.3 is 19.5 Å². The molecule has 0 heterocycles. The molecule has 162 valence electrons. The predicted molar refractivity (Wildman–Crippen MR) is 122 cm³/mol. The Morgan fingerprint density at radius 3 is 2.32 bits per heavy atom. The minimum atomic E-state index is -0.151. The fourth-order valence-corrected chi connectivity index (χ4v) is 3.30. The molecule has 0 bridgehead atoms. The van der Waals surface area contributed by atoms with Crippen molar-refractivity contribution in [3.05, 3.63) is 89.0 Å². The lowest BCUT2D eigenvalue weighted by molar-refractivity contribution is 0.0950. The van der Waals surface area contributed by atoms with E-state index in [1.807, 2.05) is 48.5 Å². The van der Waals surface area contributed by atoms with Crippen LogP contribution in [0.4, 0.5) is 0 Å². The lowest BCUT2D eigenvalue weighted by Crippen LogP contribution is -2.23. The number of methoxy groups -OCH3 is 2. The molecule has 1 amide bonds. The molecule has 0 aliphatic rings. The van der Waals surface area contributed by atoms with Gasteiger partial charge in [0.05, 0.1) is 14.2 Å². The molecule has 0 fully saturated rings. The fourth-order valence-electron chi connectivity index (χ4n) is 3.30. The Hall–Kier alpha value is -3.47. The zero-order valence-corrected chi connectivity index (χ0v) is 18.5. The van der Waals surface area contributed by atoms with E-state index in [1.54, 1.807) is 26.4 Å². The van der Waals surface area contributed by atoms with Crippen LogP contribution in [0.1, 0.15) is 46.8 Å². The summed E-state index contributed by atoms with van der Waals surface area (Å²) in [6.45, 7) is 5.02. The molecule has 0 aliphatic heterocycles. The molecule has 3 aromatic rings. The van der Waals surface area contributed by atoms with Gasteiger partial charge in [0, 0.05) is 17.7 Å². The number of para-hydroxylation sites is 1. The number of hydrogen-bond donors (Lipinski definition) is 1. The molecule has 0 radical (unpaired) electrons. The minimum absolute atomic E-state index is 0.151. The fraction of sp³-hybridized carbons (Fsp3) is 0.269. The van der Waals surface area contributed by atoms with E-state index in [9.17, 15) is 4.79 Å². The van der Waals surface area contributed by atoms with Crippen LogP contribution < -0.4 is 19.5 Å². The van der Waals surface area contributed by atoms with E-state index < -0.39 is 0 Å². The second-order valence-corrected chi connectivity index (χ2v) is 7.54. The van der Waals surface area contributed by atoms with Crippen molar-refractivity contribution in [3.63, 3.8) is 0 Å². The summed E-state index contributed by atoms with van der Waals surface area (Å²) in [6, 6.07) is 21.0. The Kier molecular flexibility index (Phi) is 7.55. The van der Waals surface area contributed by atoms with Crippen molar-refractivity contribution in [2.24, 2.45) is 0 Å². The molecule has 0 spiro atoms. The number of hydrogen-bond acceptors (Lipinski definition) is 4. The number of ether oxygens (including phenoxy) is 3. The van der Waals surface area contributed by atoms with Crippen LogP contribution in [0.25, 0.3) is 0 Å². The van der Waals surface area contributed by atoms with Crippen LogP contribution in [0, 0.1) is 0 Å². The molecule has 3 rings (SSSR count). The highest BCUT2D eigenvalue weighted by Crippen LogP contribution is 2.28. The summed E-state index contributed by atoms with van der Waals surface area (Å²) < 4.78 is 16.7. The van der Waals surface area contributed by atoms with Gasteiger partial charge in [0.25, 0.3) is 5.91 Å². The van der Waals surface area contributed by atoms with Crippen molar-refractivity contribution in [1.82, 2.24) is 5.32 Å². The maximum atomic E-state index is 12.7. The smallest absolute Gasteiger partial charge is 0.251 e. The lowest BCUT2D eigenvalue weighted by Gasteiger charge is -2.16. The van der Waals surface area contributed by atoms with Gasteiger partial charge in [0.2, 0.25) is 0 Å². The first-order chi connectivity index (χ1) is 15.0. The first kappa shape index (κ1) is 22.2. The second kappa shape index (κ2) is 10.5. The largest absolute Gasteiger partial charge is 0.497 e. The maximum Gasteiger partial charge on any atom is 0.251 e. The van der Waals surface area contributed by atoms with Crippen LogP contribution >= 0.6 is 0 Å². The molecular formula is C26H29NO4. The minimum Gasteiger partial charge on any atom is -0.497 e. The molecule has 0 unspecified atom stereocenters. The van der Waals surface area contributed by atoms with Gasteiger partial charge in [-0.1, -0.05) is 44.2 Å². The van der Waals surface area contributed by atoms with E-state index in [4.69, 9.17) is 14.2 Å². The monoisotopic (exact) mass is 419 g/mol. The Morgan fingerprint density at radius 2 is 1.65 bits per heavy atom. The van der Waals surface area contributed by atoms with Gasteiger partial charge in [-0.25, -0.2) is 0 Å². The molecule has 0 saturated heterocycles. The number of carbonyl (C=O) groups excluding carboxylic acids is 1. The summed E-state index contributed by atoms with van der Waals surface area (Å²) in [7, 11) is 3.24. The molecule has 0 saturated carbocycles. The normalized spacial score (nSPS) is 10.6. The van der Waals surface area contributed by atoms with Crippen LogP contribution in [0.2, 0.25) is 0 Å². The van der Waals surface area contributed by atoms with Gasteiger partial charge >= 0.3 is 0 Å². The Morgan fingerprint density at radius 1 is 0.903 bits per heavy atom. The summed E-state index contributed by atoms with van der Waals surface area (Å²) in [6.07, 6.45) is 0. The summed E-state index contributed by atoms with van der Waals surface area (Å²) in [5.41, 5.74) is 3.52. The zero-order valence-electron chi connectivity index (χ0n) is 18.5. The van der Waals surface area contributed by atoms with Crippen molar-refractivity contribution < 1.29 is 19.0 Å². The van der Waals surface area contributed by atoms with E-state index in [2.05, 4.69) is 25.2 Å². The van der Waals surface area contributed by atoms with Crippen LogP contribution in [0.3, 0.4) is 0 Å². The summed E-state index contributed by atoms with van der Waals surface area (Å²) in [5.74, 6) is 2.52. The van der Waals surface area contributed by atoms with E-state index in [1.165, 1.54) is 0 Å². The van der Waals surface area contributed by atoms with Crippen molar-refractivity contribution >= 4 is 5.91 Å². The Labute approximate surface area is 184 Å². The molecular weight excluding hydrogens is 390 g/mol. The third kappa shape index (κ3) is 5.79. The highest BCUT2D eigenvalue weighted by Gasteiger charge is 2.13. The molecule has 1 N–H and O–H groups in total. The van der Waals surface area contributed by atoms with Gasteiger partial charge in [-0.2, -0.15) is 0 Å². The average molecular weight is 420 g/mol. The second-order valence-electron chi connectivity index (χ2n) is 7.54. The predicted octanol–water partition coefficient (Wildman–Crippen LogP) is 5.34. The van der Waals surface area contributed by atoms with E-state index in [0.29, 0.717) is 30.4 Å². The van der Waals surface area contributed by atoms with Crippen molar-refractivity contribution in [3.8, 4) is 17.2 Å². The third-order valence-corrected chi connectivity index (χ3v) is 5.08.